The highest BCUT2D eigenvalue weighted by Gasteiger charge is 2.61. The lowest BCUT2D eigenvalue weighted by Crippen LogP contribution is -2.32. The molecule has 5 heteroatoms. The SMILES string of the molecule is NC(=O)[C@H]1C[C@]1(Cc1cccc(OCc2ccccc2)c1)C(N)=O. The van der Waals surface area contributed by atoms with E-state index in [1.54, 1.807) is 0 Å². The summed E-state index contributed by atoms with van der Waals surface area (Å²) in [5.41, 5.74) is 12.0. The van der Waals surface area contributed by atoms with Crippen LogP contribution in [0.1, 0.15) is 17.5 Å². The zero-order valence-corrected chi connectivity index (χ0v) is 13.3. The molecular weight excluding hydrogens is 304 g/mol. The Kier molecular flexibility index (Phi) is 4.25. The van der Waals surface area contributed by atoms with Crippen molar-refractivity contribution in [3.05, 3.63) is 65.7 Å². The van der Waals surface area contributed by atoms with Crippen LogP contribution in [0.15, 0.2) is 54.6 Å². The van der Waals surface area contributed by atoms with Crippen molar-refractivity contribution >= 4 is 11.8 Å². The average Bonchev–Trinajstić information content (AvgIpc) is 3.30. The summed E-state index contributed by atoms with van der Waals surface area (Å²) in [6.07, 6.45) is 0.825. The van der Waals surface area contributed by atoms with E-state index in [1.807, 2.05) is 54.6 Å². The topological polar surface area (TPSA) is 95.4 Å². The van der Waals surface area contributed by atoms with E-state index in [-0.39, 0.29) is 0 Å². The van der Waals surface area contributed by atoms with E-state index in [1.165, 1.54) is 0 Å². The van der Waals surface area contributed by atoms with Gasteiger partial charge in [0.25, 0.3) is 0 Å². The summed E-state index contributed by atoms with van der Waals surface area (Å²) in [5, 5.41) is 0. The minimum absolute atomic E-state index is 0.401. The number of rotatable bonds is 7. The quantitative estimate of drug-likeness (QED) is 0.812. The smallest absolute Gasteiger partial charge is 0.224 e. The third kappa shape index (κ3) is 3.25. The Morgan fingerprint density at radius 3 is 2.38 bits per heavy atom. The van der Waals surface area contributed by atoms with Crippen molar-refractivity contribution in [3.63, 3.8) is 0 Å². The van der Waals surface area contributed by atoms with Gasteiger partial charge in [0, 0.05) is 0 Å². The van der Waals surface area contributed by atoms with Crippen molar-refractivity contribution in [2.75, 3.05) is 0 Å². The van der Waals surface area contributed by atoms with Crippen LogP contribution < -0.4 is 16.2 Å². The van der Waals surface area contributed by atoms with Crippen LogP contribution in [-0.4, -0.2) is 11.8 Å². The Hall–Kier alpha value is -2.82. The number of hydrogen-bond donors (Lipinski definition) is 2. The molecule has 0 bridgehead atoms. The largest absolute Gasteiger partial charge is 0.489 e. The maximum Gasteiger partial charge on any atom is 0.224 e. The molecule has 1 saturated carbocycles. The first-order chi connectivity index (χ1) is 11.5. The first kappa shape index (κ1) is 16.1. The molecule has 1 aliphatic carbocycles. The zero-order valence-electron chi connectivity index (χ0n) is 13.3. The highest BCUT2D eigenvalue weighted by Crippen LogP contribution is 2.54. The van der Waals surface area contributed by atoms with Gasteiger partial charge in [0.2, 0.25) is 11.8 Å². The van der Waals surface area contributed by atoms with Crippen molar-refractivity contribution in [3.8, 4) is 5.75 Å². The number of amides is 2. The first-order valence-electron chi connectivity index (χ1n) is 7.86. The predicted molar refractivity (Wildman–Crippen MR) is 89.8 cm³/mol. The number of nitrogens with two attached hydrogens (primary N) is 2. The lowest BCUT2D eigenvalue weighted by Gasteiger charge is -2.14. The van der Waals surface area contributed by atoms with E-state index >= 15 is 0 Å². The van der Waals surface area contributed by atoms with Gasteiger partial charge in [-0.05, 0) is 36.1 Å². The average molecular weight is 324 g/mol. The lowest BCUT2D eigenvalue weighted by molar-refractivity contribution is -0.127. The molecule has 2 aromatic carbocycles. The number of carbonyl (C=O) groups is 2. The van der Waals surface area contributed by atoms with Gasteiger partial charge in [-0.25, -0.2) is 0 Å². The molecular formula is C19H20N2O3. The molecule has 3 rings (SSSR count). The van der Waals surface area contributed by atoms with Crippen molar-refractivity contribution in [1.82, 2.24) is 0 Å². The molecule has 0 radical (unpaired) electrons. The Bertz CT molecular complexity index is 760. The summed E-state index contributed by atoms with van der Waals surface area (Å²) in [6, 6.07) is 17.4. The summed E-state index contributed by atoms with van der Waals surface area (Å²) >= 11 is 0. The maximum atomic E-state index is 11.8. The van der Waals surface area contributed by atoms with Crippen LogP contribution in [0.3, 0.4) is 0 Å². The second kappa shape index (κ2) is 6.35. The molecule has 124 valence electrons. The van der Waals surface area contributed by atoms with Crippen LogP contribution in [0.2, 0.25) is 0 Å². The van der Waals surface area contributed by atoms with Crippen LogP contribution in [-0.2, 0) is 22.6 Å². The lowest BCUT2D eigenvalue weighted by atomic mass is 9.93. The van der Waals surface area contributed by atoms with Gasteiger partial charge in [-0.3, -0.25) is 9.59 Å². The molecule has 4 N–H and O–H groups in total. The van der Waals surface area contributed by atoms with Crippen LogP contribution in [0, 0.1) is 11.3 Å². The molecule has 2 atom stereocenters. The van der Waals surface area contributed by atoms with E-state index < -0.39 is 23.1 Å². The minimum Gasteiger partial charge on any atom is -0.489 e. The molecule has 0 spiro atoms. The van der Waals surface area contributed by atoms with Gasteiger partial charge in [-0.2, -0.15) is 0 Å². The van der Waals surface area contributed by atoms with Crippen molar-refractivity contribution in [2.24, 2.45) is 22.8 Å². The minimum atomic E-state index is -0.843. The summed E-state index contributed by atoms with van der Waals surface area (Å²) in [4.78, 5) is 23.2. The monoisotopic (exact) mass is 324 g/mol. The van der Waals surface area contributed by atoms with Gasteiger partial charge in [-0.15, -0.1) is 0 Å². The van der Waals surface area contributed by atoms with Crippen molar-refractivity contribution < 1.29 is 14.3 Å². The molecule has 2 aromatic rings. The molecule has 1 aliphatic rings. The summed E-state index contributed by atoms with van der Waals surface area (Å²) < 4.78 is 5.79. The van der Waals surface area contributed by atoms with Crippen LogP contribution in [0.4, 0.5) is 0 Å². The van der Waals surface area contributed by atoms with Crippen LogP contribution >= 0.6 is 0 Å². The van der Waals surface area contributed by atoms with Gasteiger partial charge in [0.1, 0.15) is 12.4 Å². The molecule has 0 aromatic heterocycles. The molecule has 0 heterocycles. The number of hydrogen-bond acceptors (Lipinski definition) is 3. The Balaban J connectivity index is 1.69. The van der Waals surface area contributed by atoms with Gasteiger partial charge < -0.3 is 16.2 Å². The second-order valence-corrected chi connectivity index (χ2v) is 6.28. The summed E-state index contributed by atoms with van der Waals surface area (Å²) in [5.74, 6) is -0.691. The molecule has 0 saturated heterocycles. The number of benzene rings is 2. The highest BCUT2D eigenvalue weighted by molar-refractivity contribution is 5.94. The Morgan fingerprint density at radius 1 is 1.04 bits per heavy atom. The molecule has 2 amide bonds. The zero-order chi connectivity index (χ0) is 17.2. The molecule has 1 fully saturated rings. The van der Waals surface area contributed by atoms with E-state index in [0.717, 1.165) is 11.1 Å². The van der Waals surface area contributed by atoms with Gasteiger partial charge in [0.05, 0.1) is 11.3 Å². The fraction of sp³-hybridized carbons (Fsp3) is 0.263. The Morgan fingerprint density at radius 2 is 1.75 bits per heavy atom. The number of ether oxygens (including phenoxy) is 1. The molecule has 0 aliphatic heterocycles. The number of primary amides is 2. The van der Waals surface area contributed by atoms with E-state index in [2.05, 4.69) is 0 Å². The van der Waals surface area contributed by atoms with E-state index in [9.17, 15) is 9.59 Å². The first-order valence-corrected chi connectivity index (χ1v) is 7.86. The number of carbonyl (C=O) groups excluding carboxylic acids is 2. The van der Waals surface area contributed by atoms with Crippen molar-refractivity contribution in [1.29, 1.82) is 0 Å². The van der Waals surface area contributed by atoms with Gasteiger partial charge in [-0.1, -0.05) is 42.5 Å². The normalized spacial score (nSPS) is 21.9. The summed E-state index contributed by atoms with van der Waals surface area (Å²) in [6.45, 7) is 0.467. The Labute approximate surface area is 140 Å². The van der Waals surface area contributed by atoms with Crippen LogP contribution in [0.25, 0.3) is 0 Å². The highest BCUT2D eigenvalue weighted by atomic mass is 16.5. The fourth-order valence-corrected chi connectivity index (χ4v) is 3.08. The van der Waals surface area contributed by atoms with Crippen molar-refractivity contribution in [2.45, 2.75) is 19.4 Å². The molecule has 24 heavy (non-hydrogen) atoms. The third-order valence-corrected chi connectivity index (χ3v) is 4.58. The molecule has 5 nitrogen and oxygen atoms in total. The van der Waals surface area contributed by atoms with E-state index in [0.29, 0.717) is 25.2 Å². The second-order valence-electron chi connectivity index (χ2n) is 6.28. The van der Waals surface area contributed by atoms with E-state index in [4.69, 9.17) is 16.2 Å². The van der Waals surface area contributed by atoms with Gasteiger partial charge in [0.15, 0.2) is 0 Å². The summed E-state index contributed by atoms with van der Waals surface area (Å²) in [7, 11) is 0. The standard InChI is InChI=1S/C19H20N2O3/c20-17(22)16-11-19(16,18(21)23)10-14-7-4-8-15(9-14)24-12-13-5-2-1-3-6-13/h1-9,16H,10-12H2,(H2,20,22)(H2,21,23)/t16-,19+/m1/s1. The predicted octanol–water partition coefficient (Wildman–Crippen LogP) is 1.78. The van der Waals surface area contributed by atoms with Crippen LogP contribution in [0.5, 0.6) is 5.75 Å². The molecule has 0 unspecified atom stereocenters. The maximum absolute atomic E-state index is 11.8. The van der Waals surface area contributed by atoms with Gasteiger partial charge >= 0.3 is 0 Å². The third-order valence-electron chi connectivity index (χ3n) is 4.58. The fourth-order valence-electron chi connectivity index (χ4n) is 3.08.